The van der Waals surface area contributed by atoms with E-state index in [1.807, 2.05) is 5.32 Å². The summed E-state index contributed by atoms with van der Waals surface area (Å²) in [7, 11) is 1.35. The topological polar surface area (TPSA) is 95.5 Å². The van der Waals surface area contributed by atoms with Gasteiger partial charge in [-0.3, -0.25) is 10.1 Å². The van der Waals surface area contributed by atoms with E-state index < -0.39 is 23.7 Å². The third-order valence-electron chi connectivity index (χ3n) is 2.02. The van der Waals surface area contributed by atoms with Gasteiger partial charge in [0.15, 0.2) is 0 Å². The Morgan fingerprint density at radius 2 is 2.05 bits per heavy atom. The fourth-order valence-corrected chi connectivity index (χ4v) is 1.89. The first-order valence-corrected chi connectivity index (χ1v) is 6.09. The van der Waals surface area contributed by atoms with E-state index in [-0.39, 0.29) is 16.2 Å². The van der Waals surface area contributed by atoms with E-state index in [2.05, 4.69) is 5.32 Å². The number of hydrogen-bond donors (Lipinski definition) is 3. The van der Waals surface area contributed by atoms with Crippen LogP contribution in [0.25, 0.3) is 0 Å². The number of carbonyl (C=O) groups is 3. The number of amides is 3. The number of imide groups is 1. The maximum absolute atomic E-state index is 13.4. The number of urea groups is 1. The van der Waals surface area contributed by atoms with Gasteiger partial charge in [0.25, 0.3) is 0 Å². The minimum absolute atomic E-state index is 0.0342. The summed E-state index contributed by atoms with van der Waals surface area (Å²) in [6, 6.07) is 2.62. The van der Waals surface area contributed by atoms with Crippen molar-refractivity contribution >= 4 is 29.7 Å². The normalized spacial score (nSPS) is 9.79. The predicted molar refractivity (Wildman–Crippen MR) is 66.7 cm³/mol. The fraction of sp³-hybridized carbons (Fsp3) is 0.182. The molecule has 1 rings (SSSR count). The largest absolute Gasteiger partial charge is 0.478 e. The lowest BCUT2D eigenvalue weighted by Crippen LogP contribution is -2.38. The Kier molecular flexibility index (Phi) is 5.31. The third kappa shape index (κ3) is 4.59. The first-order chi connectivity index (χ1) is 8.93. The van der Waals surface area contributed by atoms with Crippen LogP contribution in [0.2, 0.25) is 0 Å². The molecule has 102 valence electrons. The molecular formula is C11H11FN2O4S. The van der Waals surface area contributed by atoms with Crippen LogP contribution in [0.5, 0.6) is 0 Å². The van der Waals surface area contributed by atoms with E-state index in [1.165, 1.54) is 7.05 Å². The lowest BCUT2D eigenvalue weighted by atomic mass is 10.2. The summed E-state index contributed by atoms with van der Waals surface area (Å²) in [5.74, 6) is -2.61. The molecule has 0 aliphatic rings. The molecule has 6 nitrogen and oxygen atoms in total. The van der Waals surface area contributed by atoms with Crippen LogP contribution in [0.3, 0.4) is 0 Å². The van der Waals surface area contributed by atoms with Crippen molar-refractivity contribution in [2.75, 3.05) is 12.8 Å². The number of thioether (sulfide) groups is 1. The summed E-state index contributed by atoms with van der Waals surface area (Å²) in [5, 5.41) is 13.0. The highest BCUT2D eigenvalue weighted by Gasteiger charge is 2.12. The SMILES string of the molecule is CNC(=O)NC(=O)CSc1cc(C(=O)O)ccc1F. The first-order valence-electron chi connectivity index (χ1n) is 5.11. The van der Waals surface area contributed by atoms with Crippen molar-refractivity contribution in [3.8, 4) is 0 Å². The van der Waals surface area contributed by atoms with Crippen LogP contribution in [-0.2, 0) is 4.79 Å². The minimum Gasteiger partial charge on any atom is -0.478 e. The van der Waals surface area contributed by atoms with Gasteiger partial charge in [0.1, 0.15) is 5.82 Å². The van der Waals surface area contributed by atoms with Gasteiger partial charge in [0, 0.05) is 11.9 Å². The zero-order valence-corrected chi connectivity index (χ0v) is 10.7. The van der Waals surface area contributed by atoms with E-state index in [0.29, 0.717) is 0 Å². The Morgan fingerprint density at radius 3 is 2.63 bits per heavy atom. The van der Waals surface area contributed by atoms with Crippen LogP contribution in [-0.4, -0.2) is 35.8 Å². The summed E-state index contributed by atoms with van der Waals surface area (Å²) in [4.78, 5) is 32.9. The zero-order chi connectivity index (χ0) is 14.4. The standard InChI is InChI=1S/C11H11FN2O4S/c1-13-11(18)14-9(15)5-19-8-4-6(10(16)17)2-3-7(8)12/h2-4H,5H2,1H3,(H,16,17)(H2,13,14,15,18). The Hall–Kier alpha value is -2.09. The number of carboxylic acid groups (broad SMARTS) is 1. The molecule has 0 spiro atoms. The van der Waals surface area contributed by atoms with Crippen LogP contribution in [0.4, 0.5) is 9.18 Å². The first kappa shape index (κ1) is 15.0. The van der Waals surface area contributed by atoms with Gasteiger partial charge in [-0.25, -0.2) is 14.0 Å². The highest BCUT2D eigenvalue weighted by atomic mass is 32.2. The number of aromatic carboxylic acids is 1. The summed E-state index contributed by atoms with van der Waals surface area (Å²) in [5.41, 5.74) is -0.0735. The average Bonchev–Trinajstić information content (AvgIpc) is 2.37. The van der Waals surface area contributed by atoms with Gasteiger partial charge >= 0.3 is 12.0 Å². The second kappa shape index (κ2) is 6.74. The molecular weight excluding hydrogens is 275 g/mol. The Labute approximate surface area is 112 Å². The third-order valence-corrected chi connectivity index (χ3v) is 3.05. The van der Waals surface area contributed by atoms with E-state index >= 15 is 0 Å². The summed E-state index contributed by atoms with van der Waals surface area (Å²) >= 11 is 0.809. The van der Waals surface area contributed by atoms with Crippen LogP contribution in [0.15, 0.2) is 23.1 Å². The molecule has 0 saturated heterocycles. The van der Waals surface area contributed by atoms with Crippen molar-refractivity contribution in [1.82, 2.24) is 10.6 Å². The Morgan fingerprint density at radius 1 is 1.37 bits per heavy atom. The Bertz CT molecular complexity index is 521. The fourth-order valence-electron chi connectivity index (χ4n) is 1.12. The van der Waals surface area contributed by atoms with Gasteiger partial charge in [0.2, 0.25) is 5.91 Å². The number of benzene rings is 1. The van der Waals surface area contributed by atoms with E-state index in [9.17, 15) is 18.8 Å². The van der Waals surface area contributed by atoms with Crippen LogP contribution < -0.4 is 10.6 Å². The molecule has 0 atom stereocenters. The van der Waals surface area contributed by atoms with Crippen LogP contribution >= 0.6 is 11.8 Å². The molecule has 1 aromatic carbocycles. The predicted octanol–water partition coefficient (Wildman–Crippen LogP) is 1.07. The number of carboxylic acids is 1. The summed E-state index contributed by atoms with van der Waals surface area (Å²) in [6.45, 7) is 0. The number of rotatable bonds is 4. The van der Waals surface area contributed by atoms with E-state index in [0.717, 1.165) is 30.0 Å². The van der Waals surface area contributed by atoms with Gasteiger partial charge < -0.3 is 10.4 Å². The van der Waals surface area contributed by atoms with Gasteiger partial charge in [-0.05, 0) is 18.2 Å². The maximum Gasteiger partial charge on any atom is 0.335 e. The van der Waals surface area contributed by atoms with Gasteiger partial charge in [0.05, 0.1) is 11.3 Å². The van der Waals surface area contributed by atoms with Crippen molar-refractivity contribution in [2.24, 2.45) is 0 Å². The summed E-state index contributed by atoms with van der Waals surface area (Å²) < 4.78 is 13.4. The molecule has 0 aliphatic heterocycles. The van der Waals surface area contributed by atoms with Crippen molar-refractivity contribution in [3.63, 3.8) is 0 Å². The summed E-state index contributed by atoms with van der Waals surface area (Å²) in [6.07, 6.45) is 0. The second-order valence-electron chi connectivity index (χ2n) is 3.37. The average molecular weight is 286 g/mol. The van der Waals surface area contributed by atoms with Crippen molar-refractivity contribution in [3.05, 3.63) is 29.6 Å². The molecule has 1 aromatic rings. The molecule has 0 fully saturated rings. The minimum atomic E-state index is -1.18. The molecule has 0 aromatic heterocycles. The maximum atomic E-state index is 13.4. The van der Waals surface area contributed by atoms with Gasteiger partial charge in [-0.2, -0.15) is 0 Å². The number of hydrogen-bond acceptors (Lipinski definition) is 4. The zero-order valence-electron chi connectivity index (χ0n) is 9.90. The lowest BCUT2D eigenvalue weighted by molar-refractivity contribution is -0.117. The molecule has 3 N–H and O–H groups in total. The molecule has 0 saturated carbocycles. The van der Waals surface area contributed by atoms with Gasteiger partial charge in [-0.15, -0.1) is 11.8 Å². The smallest absolute Gasteiger partial charge is 0.335 e. The molecule has 8 heteroatoms. The number of nitrogens with one attached hydrogen (secondary N) is 2. The monoisotopic (exact) mass is 286 g/mol. The molecule has 0 bridgehead atoms. The van der Waals surface area contributed by atoms with E-state index in [1.54, 1.807) is 0 Å². The van der Waals surface area contributed by atoms with Crippen molar-refractivity contribution in [1.29, 1.82) is 0 Å². The molecule has 0 unspecified atom stereocenters. The van der Waals surface area contributed by atoms with Gasteiger partial charge in [-0.1, -0.05) is 0 Å². The molecule has 19 heavy (non-hydrogen) atoms. The highest BCUT2D eigenvalue weighted by molar-refractivity contribution is 8.00. The van der Waals surface area contributed by atoms with E-state index in [4.69, 9.17) is 5.11 Å². The number of halogens is 1. The van der Waals surface area contributed by atoms with Crippen molar-refractivity contribution < 1.29 is 23.9 Å². The van der Waals surface area contributed by atoms with Crippen molar-refractivity contribution in [2.45, 2.75) is 4.90 Å². The Balaban J connectivity index is 2.67. The molecule has 0 radical (unpaired) electrons. The highest BCUT2D eigenvalue weighted by Crippen LogP contribution is 2.22. The molecule has 0 heterocycles. The molecule has 0 aliphatic carbocycles. The lowest BCUT2D eigenvalue weighted by Gasteiger charge is -2.05. The van der Waals surface area contributed by atoms with Crippen LogP contribution in [0.1, 0.15) is 10.4 Å². The molecule has 3 amide bonds. The number of carbonyl (C=O) groups excluding carboxylic acids is 2. The van der Waals surface area contributed by atoms with Crippen LogP contribution in [0, 0.1) is 5.82 Å². The quantitative estimate of drug-likeness (QED) is 0.720. The second-order valence-corrected chi connectivity index (χ2v) is 4.38.